The maximum Gasteiger partial charge on any atom is 0.255 e. The van der Waals surface area contributed by atoms with E-state index >= 15 is 0 Å². The van der Waals surface area contributed by atoms with Crippen molar-refractivity contribution < 1.29 is 19.1 Å². The van der Waals surface area contributed by atoms with E-state index in [2.05, 4.69) is 4.98 Å². The largest absolute Gasteiger partial charge is 0.493 e. The normalized spacial score (nSPS) is 14.1. The van der Waals surface area contributed by atoms with Gasteiger partial charge < -0.3 is 19.3 Å². The molecular formula is C19H21N3O4. The van der Waals surface area contributed by atoms with Gasteiger partial charge >= 0.3 is 0 Å². The third kappa shape index (κ3) is 3.61. The number of hydrogen-bond acceptors (Lipinski definition) is 5. The fourth-order valence-electron chi connectivity index (χ4n) is 2.94. The van der Waals surface area contributed by atoms with E-state index in [0.29, 0.717) is 48.8 Å². The third-order valence-electron chi connectivity index (χ3n) is 4.39. The van der Waals surface area contributed by atoms with Gasteiger partial charge in [0, 0.05) is 44.1 Å². The number of methoxy groups -OCH3 is 2. The predicted molar refractivity (Wildman–Crippen MR) is 95.6 cm³/mol. The first-order chi connectivity index (χ1) is 12.6. The van der Waals surface area contributed by atoms with E-state index in [0.717, 1.165) is 0 Å². The molecule has 0 bridgehead atoms. The van der Waals surface area contributed by atoms with Crippen LogP contribution >= 0.6 is 0 Å². The number of piperazine rings is 1. The zero-order valence-corrected chi connectivity index (χ0v) is 14.8. The van der Waals surface area contributed by atoms with Gasteiger partial charge in [-0.1, -0.05) is 0 Å². The molecule has 2 heterocycles. The number of amides is 2. The van der Waals surface area contributed by atoms with Crippen molar-refractivity contribution in [2.45, 2.75) is 0 Å². The Labute approximate surface area is 152 Å². The first-order valence-electron chi connectivity index (χ1n) is 8.34. The van der Waals surface area contributed by atoms with E-state index in [9.17, 15) is 9.59 Å². The molecule has 1 aromatic heterocycles. The molecule has 7 nitrogen and oxygen atoms in total. The van der Waals surface area contributed by atoms with Crippen molar-refractivity contribution >= 4 is 11.8 Å². The Morgan fingerprint density at radius 2 is 1.50 bits per heavy atom. The van der Waals surface area contributed by atoms with Crippen LogP contribution in [0.3, 0.4) is 0 Å². The highest BCUT2D eigenvalue weighted by atomic mass is 16.5. The molecule has 0 aliphatic carbocycles. The number of ether oxygens (including phenoxy) is 2. The summed E-state index contributed by atoms with van der Waals surface area (Å²) in [5, 5.41) is 0. The topological polar surface area (TPSA) is 72.0 Å². The monoisotopic (exact) mass is 355 g/mol. The number of benzene rings is 1. The fourth-order valence-corrected chi connectivity index (χ4v) is 2.94. The lowest BCUT2D eigenvalue weighted by Gasteiger charge is -2.34. The van der Waals surface area contributed by atoms with Crippen LogP contribution in [0.2, 0.25) is 0 Å². The van der Waals surface area contributed by atoms with Crippen LogP contribution in [0.5, 0.6) is 11.5 Å². The third-order valence-corrected chi connectivity index (χ3v) is 4.39. The van der Waals surface area contributed by atoms with Gasteiger partial charge in [-0.2, -0.15) is 0 Å². The molecule has 1 saturated heterocycles. The zero-order valence-electron chi connectivity index (χ0n) is 14.8. The van der Waals surface area contributed by atoms with Gasteiger partial charge in [-0.3, -0.25) is 14.6 Å². The van der Waals surface area contributed by atoms with Crippen LogP contribution in [0.1, 0.15) is 20.7 Å². The summed E-state index contributed by atoms with van der Waals surface area (Å²) in [6, 6.07) is 8.60. The van der Waals surface area contributed by atoms with Crippen molar-refractivity contribution in [3.8, 4) is 11.5 Å². The Morgan fingerprint density at radius 3 is 2.04 bits per heavy atom. The van der Waals surface area contributed by atoms with Crippen LogP contribution < -0.4 is 9.47 Å². The van der Waals surface area contributed by atoms with Crippen LogP contribution in [0, 0.1) is 0 Å². The molecule has 1 fully saturated rings. The molecular weight excluding hydrogens is 334 g/mol. The molecule has 7 heteroatoms. The minimum Gasteiger partial charge on any atom is -0.493 e. The first kappa shape index (κ1) is 17.7. The van der Waals surface area contributed by atoms with E-state index in [1.54, 1.807) is 59.6 Å². The number of carbonyl (C=O) groups is 2. The Balaban J connectivity index is 1.64. The smallest absolute Gasteiger partial charge is 0.255 e. The van der Waals surface area contributed by atoms with E-state index in [1.165, 1.54) is 7.11 Å². The Hall–Kier alpha value is -3.09. The van der Waals surface area contributed by atoms with Gasteiger partial charge in [0.25, 0.3) is 11.8 Å². The highest BCUT2D eigenvalue weighted by molar-refractivity contribution is 5.96. The molecule has 136 valence electrons. The van der Waals surface area contributed by atoms with Crippen molar-refractivity contribution in [3.63, 3.8) is 0 Å². The number of hydrogen-bond donors (Lipinski definition) is 0. The summed E-state index contributed by atoms with van der Waals surface area (Å²) < 4.78 is 10.5. The van der Waals surface area contributed by atoms with Gasteiger partial charge in [0.2, 0.25) is 0 Å². The second-order valence-corrected chi connectivity index (χ2v) is 5.90. The summed E-state index contributed by atoms with van der Waals surface area (Å²) in [4.78, 5) is 32.7. The maximum absolute atomic E-state index is 12.7. The molecule has 3 rings (SSSR count). The highest BCUT2D eigenvalue weighted by Crippen LogP contribution is 2.28. The number of aromatic nitrogens is 1. The highest BCUT2D eigenvalue weighted by Gasteiger charge is 2.26. The number of carbonyl (C=O) groups excluding carboxylic acids is 2. The van der Waals surface area contributed by atoms with Crippen molar-refractivity contribution in [2.24, 2.45) is 0 Å². The van der Waals surface area contributed by atoms with E-state index in [-0.39, 0.29) is 11.8 Å². The van der Waals surface area contributed by atoms with Crippen molar-refractivity contribution in [1.29, 1.82) is 0 Å². The molecule has 0 saturated carbocycles. The summed E-state index contributed by atoms with van der Waals surface area (Å²) in [7, 11) is 3.09. The summed E-state index contributed by atoms with van der Waals surface area (Å²) in [6.07, 6.45) is 3.19. The van der Waals surface area contributed by atoms with E-state index < -0.39 is 0 Å². The number of nitrogens with zero attached hydrogens (tertiary/aromatic N) is 3. The van der Waals surface area contributed by atoms with Gasteiger partial charge in [0.05, 0.1) is 19.8 Å². The Bertz CT molecular complexity index is 787. The number of pyridine rings is 1. The second kappa shape index (κ2) is 7.86. The zero-order chi connectivity index (χ0) is 18.5. The van der Waals surface area contributed by atoms with Gasteiger partial charge in [-0.25, -0.2) is 0 Å². The van der Waals surface area contributed by atoms with Crippen LogP contribution in [-0.4, -0.2) is 67.0 Å². The van der Waals surface area contributed by atoms with E-state index in [1.807, 2.05) is 0 Å². The average Bonchev–Trinajstić information content (AvgIpc) is 2.73. The fraction of sp³-hybridized carbons (Fsp3) is 0.316. The minimum absolute atomic E-state index is 0.0590. The summed E-state index contributed by atoms with van der Waals surface area (Å²) >= 11 is 0. The van der Waals surface area contributed by atoms with E-state index in [4.69, 9.17) is 9.47 Å². The lowest BCUT2D eigenvalue weighted by Crippen LogP contribution is -2.50. The quantitative estimate of drug-likeness (QED) is 0.835. The van der Waals surface area contributed by atoms with Crippen LogP contribution in [0.25, 0.3) is 0 Å². The Kier molecular flexibility index (Phi) is 5.36. The summed E-state index contributed by atoms with van der Waals surface area (Å²) in [5.41, 5.74) is 1.10. The average molecular weight is 355 g/mol. The molecule has 0 unspecified atom stereocenters. The van der Waals surface area contributed by atoms with Crippen molar-refractivity contribution in [2.75, 3.05) is 40.4 Å². The molecule has 1 aliphatic heterocycles. The van der Waals surface area contributed by atoms with Crippen LogP contribution in [-0.2, 0) is 0 Å². The maximum atomic E-state index is 12.7. The predicted octanol–water partition coefficient (Wildman–Crippen LogP) is 1.70. The standard InChI is InChI=1S/C19H21N3O4/c1-25-16-6-5-14(12-17(16)26-2)18(23)21-8-10-22(11-9-21)19(24)15-4-3-7-20-13-15/h3-7,12-13H,8-11H2,1-2H3. The van der Waals surface area contributed by atoms with Gasteiger partial charge in [0.15, 0.2) is 11.5 Å². The molecule has 0 atom stereocenters. The molecule has 26 heavy (non-hydrogen) atoms. The SMILES string of the molecule is COc1ccc(C(=O)N2CCN(C(=O)c3cccnc3)CC2)cc1OC. The van der Waals surface area contributed by atoms with Crippen LogP contribution in [0.4, 0.5) is 0 Å². The lowest BCUT2D eigenvalue weighted by atomic mass is 10.1. The van der Waals surface area contributed by atoms with Gasteiger partial charge in [0.1, 0.15) is 0 Å². The molecule has 1 aliphatic rings. The first-order valence-corrected chi connectivity index (χ1v) is 8.34. The lowest BCUT2D eigenvalue weighted by molar-refractivity contribution is 0.0535. The Morgan fingerprint density at radius 1 is 0.885 bits per heavy atom. The summed E-state index contributed by atoms with van der Waals surface area (Å²) in [6.45, 7) is 1.96. The van der Waals surface area contributed by atoms with Crippen molar-refractivity contribution in [1.82, 2.24) is 14.8 Å². The molecule has 2 aromatic rings. The van der Waals surface area contributed by atoms with Crippen molar-refractivity contribution in [3.05, 3.63) is 53.9 Å². The minimum atomic E-state index is -0.0839. The molecule has 2 amide bonds. The van der Waals surface area contributed by atoms with Crippen LogP contribution in [0.15, 0.2) is 42.7 Å². The molecule has 1 aromatic carbocycles. The van der Waals surface area contributed by atoms with Gasteiger partial charge in [-0.05, 0) is 30.3 Å². The molecule has 0 spiro atoms. The number of rotatable bonds is 4. The molecule has 0 N–H and O–H groups in total. The second-order valence-electron chi connectivity index (χ2n) is 5.90. The van der Waals surface area contributed by atoms with Gasteiger partial charge in [-0.15, -0.1) is 0 Å². The summed E-state index contributed by atoms with van der Waals surface area (Å²) in [5.74, 6) is 0.954. The molecule has 0 radical (unpaired) electrons.